The summed E-state index contributed by atoms with van der Waals surface area (Å²) in [6, 6.07) is 5.80. The molecule has 1 fully saturated rings. The lowest BCUT2D eigenvalue weighted by Crippen LogP contribution is -1.95. The van der Waals surface area contributed by atoms with Crippen LogP contribution in [0.4, 0.5) is 0 Å². The van der Waals surface area contributed by atoms with Gasteiger partial charge in [-0.05, 0) is 35.6 Å². The highest BCUT2D eigenvalue weighted by molar-refractivity contribution is 5.43. The van der Waals surface area contributed by atoms with Gasteiger partial charge >= 0.3 is 0 Å². The van der Waals surface area contributed by atoms with E-state index in [0.29, 0.717) is 41.5 Å². The number of benzene rings is 1. The average Bonchev–Trinajstić information content (AvgIpc) is 3.08. The van der Waals surface area contributed by atoms with Gasteiger partial charge in [0.05, 0.1) is 20.4 Å². The molecule has 0 unspecified atom stereocenters. The summed E-state index contributed by atoms with van der Waals surface area (Å²) in [5, 5.41) is 8.35. The van der Waals surface area contributed by atoms with Crippen LogP contribution in [0, 0.1) is 0 Å². The zero-order valence-electron chi connectivity index (χ0n) is 14.5. The van der Waals surface area contributed by atoms with Crippen molar-refractivity contribution in [1.82, 2.24) is 19.9 Å². The summed E-state index contributed by atoms with van der Waals surface area (Å²) in [7, 11) is 5.17. The van der Waals surface area contributed by atoms with Crippen LogP contribution >= 0.6 is 0 Å². The fraction of sp³-hybridized carbons (Fsp3) is 0.389. The Bertz CT molecular complexity index is 886. The van der Waals surface area contributed by atoms with Gasteiger partial charge in [0, 0.05) is 25.6 Å². The Labute approximate surface area is 145 Å². The van der Waals surface area contributed by atoms with E-state index in [4.69, 9.17) is 14.0 Å². The van der Waals surface area contributed by atoms with E-state index in [9.17, 15) is 0 Å². The molecule has 25 heavy (non-hydrogen) atoms. The van der Waals surface area contributed by atoms with E-state index < -0.39 is 0 Å². The molecule has 7 heteroatoms. The third-order valence-electron chi connectivity index (χ3n) is 4.55. The van der Waals surface area contributed by atoms with Crippen LogP contribution in [0.3, 0.4) is 0 Å². The molecule has 4 rings (SSSR count). The monoisotopic (exact) mass is 340 g/mol. The van der Waals surface area contributed by atoms with Gasteiger partial charge in [0.2, 0.25) is 5.89 Å². The Kier molecular flexibility index (Phi) is 3.91. The van der Waals surface area contributed by atoms with E-state index in [1.165, 1.54) is 5.56 Å². The minimum atomic E-state index is 0.302. The fourth-order valence-corrected chi connectivity index (χ4v) is 3.13. The summed E-state index contributed by atoms with van der Waals surface area (Å²) in [5.41, 5.74) is 2.27. The molecule has 1 saturated carbocycles. The second kappa shape index (κ2) is 6.23. The molecule has 0 N–H and O–H groups in total. The van der Waals surface area contributed by atoms with Crippen molar-refractivity contribution in [3.8, 4) is 11.5 Å². The molecule has 1 aliphatic carbocycles. The van der Waals surface area contributed by atoms with E-state index in [1.54, 1.807) is 14.2 Å². The largest absolute Gasteiger partial charge is 0.493 e. The van der Waals surface area contributed by atoms with Gasteiger partial charge in [0.25, 0.3) is 0 Å². The Morgan fingerprint density at radius 1 is 1.20 bits per heavy atom. The molecule has 7 nitrogen and oxygen atoms in total. The van der Waals surface area contributed by atoms with Crippen molar-refractivity contribution < 1.29 is 14.0 Å². The molecule has 130 valence electrons. The molecule has 0 amide bonds. The maximum Gasteiger partial charge on any atom is 0.230 e. The van der Waals surface area contributed by atoms with E-state index in [-0.39, 0.29) is 0 Å². The van der Waals surface area contributed by atoms with Crippen LogP contribution in [0.1, 0.15) is 41.1 Å². The highest BCUT2D eigenvalue weighted by atomic mass is 16.5. The standard InChI is InChI=1S/C18H20N4O3/c1-22-10-12(9-19-22)13-8-14(13)18-20-17(21-25-18)7-11-4-5-15(23-2)16(6-11)24-3/h4-6,9-10,13-14H,7-8H2,1-3H3/t13-,14+/m1/s1. The average molecular weight is 340 g/mol. The smallest absolute Gasteiger partial charge is 0.230 e. The second-order valence-electron chi connectivity index (χ2n) is 6.31. The lowest BCUT2D eigenvalue weighted by molar-refractivity contribution is 0.354. The molecule has 2 atom stereocenters. The van der Waals surface area contributed by atoms with Crippen LogP contribution in [0.5, 0.6) is 11.5 Å². The minimum absolute atomic E-state index is 0.302. The number of methoxy groups -OCH3 is 2. The number of hydrogen-bond acceptors (Lipinski definition) is 6. The van der Waals surface area contributed by atoms with Crippen LogP contribution in [-0.4, -0.2) is 34.1 Å². The Morgan fingerprint density at radius 2 is 2.04 bits per heavy atom. The molecule has 3 aromatic rings. The molecule has 0 spiro atoms. The number of aryl methyl sites for hydroxylation is 1. The number of nitrogens with zero attached hydrogens (tertiary/aromatic N) is 4. The first-order chi connectivity index (χ1) is 12.2. The lowest BCUT2D eigenvalue weighted by Gasteiger charge is -2.08. The van der Waals surface area contributed by atoms with E-state index >= 15 is 0 Å². The summed E-state index contributed by atoms with van der Waals surface area (Å²) in [5.74, 6) is 3.53. The maximum absolute atomic E-state index is 5.48. The number of ether oxygens (including phenoxy) is 2. The van der Waals surface area contributed by atoms with Crippen LogP contribution in [-0.2, 0) is 13.5 Å². The van der Waals surface area contributed by atoms with Crippen LogP contribution in [0.25, 0.3) is 0 Å². The van der Waals surface area contributed by atoms with Crippen molar-refractivity contribution in [2.75, 3.05) is 14.2 Å². The normalized spacial score (nSPS) is 19.0. The predicted octanol–water partition coefficient (Wildman–Crippen LogP) is 2.68. The number of aromatic nitrogens is 4. The maximum atomic E-state index is 5.48. The van der Waals surface area contributed by atoms with Crippen molar-refractivity contribution in [3.05, 3.63) is 53.4 Å². The van der Waals surface area contributed by atoms with Crippen molar-refractivity contribution in [2.45, 2.75) is 24.7 Å². The Hall–Kier alpha value is -2.83. The van der Waals surface area contributed by atoms with Gasteiger partial charge in [-0.15, -0.1) is 0 Å². The predicted molar refractivity (Wildman–Crippen MR) is 90.0 cm³/mol. The third-order valence-corrected chi connectivity index (χ3v) is 4.55. The van der Waals surface area contributed by atoms with Crippen LogP contribution < -0.4 is 9.47 Å². The zero-order chi connectivity index (χ0) is 17.4. The molecule has 0 radical (unpaired) electrons. The summed E-state index contributed by atoms with van der Waals surface area (Å²) < 4.78 is 17.9. The molecule has 2 heterocycles. The SMILES string of the molecule is COc1ccc(Cc2noc([C@H]3C[C@@H]3c3cnn(C)c3)n2)cc1OC. The van der Waals surface area contributed by atoms with Crippen molar-refractivity contribution in [1.29, 1.82) is 0 Å². The fourth-order valence-electron chi connectivity index (χ4n) is 3.13. The van der Waals surface area contributed by atoms with Crippen LogP contribution in [0.2, 0.25) is 0 Å². The van der Waals surface area contributed by atoms with Gasteiger partial charge in [0.1, 0.15) is 0 Å². The highest BCUT2D eigenvalue weighted by Gasteiger charge is 2.44. The molecule has 1 aromatic carbocycles. The lowest BCUT2D eigenvalue weighted by atomic mass is 10.1. The van der Waals surface area contributed by atoms with E-state index in [1.807, 2.05) is 42.3 Å². The molecule has 2 aromatic heterocycles. The van der Waals surface area contributed by atoms with E-state index in [0.717, 1.165) is 12.0 Å². The first kappa shape index (κ1) is 15.7. The van der Waals surface area contributed by atoms with Gasteiger partial charge in [-0.3, -0.25) is 4.68 Å². The van der Waals surface area contributed by atoms with Gasteiger partial charge < -0.3 is 14.0 Å². The summed E-state index contributed by atoms with van der Waals surface area (Å²) in [4.78, 5) is 4.57. The van der Waals surface area contributed by atoms with Gasteiger partial charge in [-0.2, -0.15) is 10.1 Å². The molecule has 0 bridgehead atoms. The summed E-state index contributed by atoms with van der Waals surface area (Å²) >= 11 is 0. The summed E-state index contributed by atoms with van der Waals surface area (Å²) in [6.45, 7) is 0. The Morgan fingerprint density at radius 3 is 2.76 bits per heavy atom. The first-order valence-electron chi connectivity index (χ1n) is 8.20. The topological polar surface area (TPSA) is 75.2 Å². The van der Waals surface area contributed by atoms with Crippen molar-refractivity contribution in [3.63, 3.8) is 0 Å². The summed E-state index contributed by atoms with van der Waals surface area (Å²) in [6.07, 6.45) is 5.58. The van der Waals surface area contributed by atoms with Crippen LogP contribution in [0.15, 0.2) is 35.1 Å². The zero-order valence-corrected chi connectivity index (χ0v) is 14.5. The molecule has 1 aliphatic rings. The second-order valence-corrected chi connectivity index (χ2v) is 6.31. The number of rotatable bonds is 6. The molecular formula is C18H20N4O3. The van der Waals surface area contributed by atoms with Gasteiger partial charge in [0.15, 0.2) is 17.3 Å². The van der Waals surface area contributed by atoms with Gasteiger partial charge in [-0.1, -0.05) is 11.2 Å². The van der Waals surface area contributed by atoms with Crippen molar-refractivity contribution in [2.24, 2.45) is 7.05 Å². The van der Waals surface area contributed by atoms with Crippen molar-refractivity contribution >= 4 is 0 Å². The highest BCUT2D eigenvalue weighted by Crippen LogP contribution is 2.53. The van der Waals surface area contributed by atoms with E-state index in [2.05, 4.69) is 15.2 Å². The quantitative estimate of drug-likeness (QED) is 0.687. The minimum Gasteiger partial charge on any atom is -0.493 e. The number of hydrogen-bond donors (Lipinski definition) is 0. The molecular weight excluding hydrogens is 320 g/mol. The first-order valence-corrected chi connectivity index (χ1v) is 8.20. The van der Waals surface area contributed by atoms with Gasteiger partial charge in [-0.25, -0.2) is 0 Å². The molecule has 0 saturated heterocycles. The third kappa shape index (κ3) is 3.09. The Balaban J connectivity index is 1.46. The molecule has 0 aliphatic heterocycles.